The molecule has 1 N–H and O–H groups in total. The molecule has 3 fully saturated rings. The van der Waals surface area contributed by atoms with Gasteiger partial charge in [-0.05, 0) is 45.1 Å². The maximum Gasteiger partial charge on any atom is 0.0939 e. The summed E-state index contributed by atoms with van der Waals surface area (Å²) in [5.74, 6) is 0.656. The standard InChI is InChI=1S/C15H27NO3/c1-16-14(13-4-2-3-7-18-13)12-5-8-19-15(10-12)6-9-17-11-15/h12-14,16H,2-11H2,1H3. The van der Waals surface area contributed by atoms with Gasteiger partial charge in [0.2, 0.25) is 0 Å². The fourth-order valence-corrected chi connectivity index (χ4v) is 4.01. The van der Waals surface area contributed by atoms with Crippen LogP contribution < -0.4 is 5.32 Å². The Labute approximate surface area is 116 Å². The second-order valence-corrected chi connectivity index (χ2v) is 6.31. The number of hydrogen-bond acceptors (Lipinski definition) is 4. The molecule has 4 heteroatoms. The lowest BCUT2D eigenvalue weighted by Crippen LogP contribution is -2.52. The second kappa shape index (κ2) is 6.08. The van der Waals surface area contributed by atoms with Crippen molar-refractivity contribution in [3.63, 3.8) is 0 Å². The number of hydrogen-bond donors (Lipinski definition) is 1. The molecule has 3 saturated heterocycles. The van der Waals surface area contributed by atoms with E-state index in [0.717, 1.165) is 45.7 Å². The van der Waals surface area contributed by atoms with Crippen LogP contribution >= 0.6 is 0 Å². The van der Waals surface area contributed by atoms with E-state index in [1.807, 2.05) is 0 Å². The van der Waals surface area contributed by atoms with Crippen LogP contribution in [0.5, 0.6) is 0 Å². The monoisotopic (exact) mass is 269 g/mol. The van der Waals surface area contributed by atoms with E-state index in [2.05, 4.69) is 12.4 Å². The van der Waals surface area contributed by atoms with E-state index < -0.39 is 0 Å². The molecular formula is C15H27NO3. The molecule has 0 radical (unpaired) electrons. The molecule has 0 aromatic heterocycles. The van der Waals surface area contributed by atoms with Crippen molar-refractivity contribution in [3.8, 4) is 0 Å². The predicted molar refractivity (Wildman–Crippen MR) is 73.3 cm³/mol. The third-order valence-corrected chi connectivity index (χ3v) is 5.05. The minimum atomic E-state index is 0.00663. The SMILES string of the molecule is CNC(C1CCOC2(CCOC2)C1)C1CCCCO1. The second-order valence-electron chi connectivity index (χ2n) is 6.31. The molecule has 0 aromatic rings. The molecule has 4 nitrogen and oxygen atoms in total. The van der Waals surface area contributed by atoms with Crippen molar-refractivity contribution in [2.45, 2.75) is 56.3 Å². The highest BCUT2D eigenvalue weighted by Crippen LogP contribution is 2.38. The lowest BCUT2D eigenvalue weighted by Gasteiger charge is -2.43. The third kappa shape index (κ3) is 2.97. The van der Waals surface area contributed by atoms with Gasteiger partial charge < -0.3 is 19.5 Å². The van der Waals surface area contributed by atoms with Gasteiger partial charge in [-0.2, -0.15) is 0 Å². The molecule has 0 amide bonds. The third-order valence-electron chi connectivity index (χ3n) is 5.05. The fourth-order valence-electron chi connectivity index (χ4n) is 4.01. The van der Waals surface area contributed by atoms with Gasteiger partial charge in [-0.15, -0.1) is 0 Å². The Balaban J connectivity index is 1.64. The first-order valence-electron chi connectivity index (χ1n) is 7.84. The quantitative estimate of drug-likeness (QED) is 0.847. The van der Waals surface area contributed by atoms with E-state index in [1.165, 1.54) is 19.3 Å². The molecule has 0 aromatic carbocycles. The topological polar surface area (TPSA) is 39.7 Å². The lowest BCUT2D eigenvalue weighted by atomic mass is 9.78. The molecule has 4 atom stereocenters. The summed E-state index contributed by atoms with van der Waals surface area (Å²) in [6.07, 6.45) is 7.45. The number of likely N-dealkylation sites (N-methyl/N-ethyl adjacent to an activating group) is 1. The van der Waals surface area contributed by atoms with Crippen LogP contribution in [0.1, 0.15) is 38.5 Å². The van der Waals surface area contributed by atoms with Gasteiger partial charge in [0.1, 0.15) is 0 Å². The van der Waals surface area contributed by atoms with Gasteiger partial charge in [-0.3, -0.25) is 0 Å². The lowest BCUT2D eigenvalue weighted by molar-refractivity contribution is -0.115. The Hall–Kier alpha value is -0.160. The smallest absolute Gasteiger partial charge is 0.0939 e. The zero-order chi connectivity index (χ0) is 13.1. The zero-order valence-corrected chi connectivity index (χ0v) is 12.0. The molecule has 4 unspecified atom stereocenters. The van der Waals surface area contributed by atoms with Crippen LogP contribution in [0.25, 0.3) is 0 Å². The first-order valence-corrected chi connectivity index (χ1v) is 7.84. The van der Waals surface area contributed by atoms with Crippen LogP contribution in [-0.4, -0.2) is 51.2 Å². The van der Waals surface area contributed by atoms with Crippen LogP contribution in [0.4, 0.5) is 0 Å². The highest BCUT2D eigenvalue weighted by molar-refractivity contribution is 4.95. The summed E-state index contributed by atoms with van der Waals surface area (Å²) in [6.45, 7) is 3.45. The summed E-state index contributed by atoms with van der Waals surface area (Å²) in [6, 6.07) is 0.474. The van der Waals surface area contributed by atoms with E-state index in [-0.39, 0.29) is 5.60 Å². The van der Waals surface area contributed by atoms with Crippen molar-refractivity contribution < 1.29 is 14.2 Å². The van der Waals surface area contributed by atoms with Crippen molar-refractivity contribution in [2.24, 2.45) is 5.92 Å². The molecule has 0 bridgehead atoms. The highest BCUT2D eigenvalue weighted by Gasteiger charge is 2.44. The molecule has 3 heterocycles. The number of nitrogens with one attached hydrogen (secondary N) is 1. The molecule has 0 aliphatic carbocycles. The largest absolute Gasteiger partial charge is 0.378 e. The first-order chi connectivity index (χ1) is 9.33. The van der Waals surface area contributed by atoms with Crippen molar-refractivity contribution in [1.29, 1.82) is 0 Å². The average Bonchev–Trinajstić information content (AvgIpc) is 2.89. The molecule has 110 valence electrons. The van der Waals surface area contributed by atoms with Crippen molar-refractivity contribution in [1.82, 2.24) is 5.32 Å². The van der Waals surface area contributed by atoms with E-state index in [9.17, 15) is 0 Å². The maximum absolute atomic E-state index is 6.05. The first kappa shape index (κ1) is 13.8. The van der Waals surface area contributed by atoms with Gasteiger partial charge in [-0.25, -0.2) is 0 Å². The van der Waals surface area contributed by atoms with Crippen LogP contribution in [-0.2, 0) is 14.2 Å². The summed E-state index contributed by atoms with van der Waals surface area (Å²) in [5.41, 5.74) is 0.00663. The summed E-state index contributed by atoms with van der Waals surface area (Å²) < 4.78 is 17.6. The van der Waals surface area contributed by atoms with Crippen LogP contribution in [0.2, 0.25) is 0 Å². The summed E-state index contributed by atoms with van der Waals surface area (Å²) in [7, 11) is 2.08. The van der Waals surface area contributed by atoms with E-state index in [1.54, 1.807) is 0 Å². The van der Waals surface area contributed by atoms with Gasteiger partial charge in [0, 0.05) is 32.3 Å². The van der Waals surface area contributed by atoms with E-state index in [4.69, 9.17) is 14.2 Å². The highest BCUT2D eigenvalue weighted by atomic mass is 16.6. The molecule has 3 aliphatic rings. The predicted octanol–water partition coefficient (Wildman–Crippen LogP) is 1.73. The fraction of sp³-hybridized carbons (Fsp3) is 1.00. The van der Waals surface area contributed by atoms with E-state index in [0.29, 0.717) is 18.1 Å². The van der Waals surface area contributed by atoms with Gasteiger partial charge >= 0.3 is 0 Å². The number of rotatable bonds is 3. The van der Waals surface area contributed by atoms with Gasteiger partial charge in [0.15, 0.2) is 0 Å². The van der Waals surface area contributed by atoms with Crippen LogP contribution in [0.15, 0.2) is 0 Å². The Morgan fingerprint density at radius 1 is 1.16 bits per heavy atom. The zero-order valence-electron chi connectivity index (χ0n) is 12.0. The minimum absolute atomic E-state index is 0.00663. The molecule has 19 heavy (non-hydrogen) atoms. The normalized spacial score (nSPS) is 41.5. The molecule has 0 saturated carbocycles. The summed E-state index contributed by atoms with van der Waals surface area (Å²) in [5, 5.41) is 3.53. The van der Waals surface area contributed by atoms with Gasteiger partial charge in [0.25, 0.3) is 0 Å². The van der Waals surface area contributed by atoms with Gasteiger partial charge in [0.05, 0.1) is 18.3 Å². The molecule has 3 rings (SSSR count). The van der Waals surface area contributed by atoms with E-state index >= 15 is 0 Å². The minimum Gasteiger partial charge on any atom is -0.378 e. The summed E-state index contributed by atoms with van der Waals surface area (Å²) >= 11 is 0. The Kier molecular flexibility index (Phi) is 4.42. The molecule has 1 spiro atoms. The molecular weight excluding hydrogens is 242 g/mol. The average molecular weight is 269 g/mol. The Morgan fingerprint density at radius 3 is 2.79 bits per heavy atom. The Bertz CT molecular complexity index is 285. The van der Waals surface area contributed by atoms with Crippen LogP contribution in [0.3, 0.4) is 0 Å². The number of ether oxygens (including phenoxy) is 3. The Morgan fingerprint density at radius 2 is 2.11 bits per heavy atom. The van der Waals surface area contributed by atoms with Crippen molar-refractivity contribution in [3.05, 3.63) is 0 Å². The molecule has 3 aliphatic heterocycles. The van der Waals surface area contributed by atoms with Crippen molar-refractivity contribution in [2.75, 3.05) is 33.5 Å². The maximum atomic E-state index is 6.05. The summed E-state index contributed by atoms with van der Waals surface area (Å²) in [4.78, 5) is 0. The van der Waals surface area contributed by atoms with Crippen LogP contribution in [0, 0.1) is 5.92 Å². The van der Waals surface area contributed by atoms with Crippen molar-refractivity contribution >= 4 is 0 Å². The van der Waals surface area contributed by atoms with Gasteiger partial charge in [-0.1, -0.05) is 0 Å².